The molecule has 356 valence electrons. The van der Waals surface area contributed by atoms with E-state index in [1.54, 1.807) is 0 Å². The minimum atomic E-state index is -0.0711. The van der Waals surface area contributed by atoms with Crippen molar-refractivity contribution in [3.05, 3.63) is 197 Å². The summed E-state index contributed by atoms with van der Waals surface area (Å²) in [6.07, 6.45) is 2.15. The molecule has 0 saturated heterocycles. The molecule has 3 aliphatic rings. The lowest BCUT2D eigenvalue weighted by Crippen LogP contribution is -2.61. The predicted octanol–water partition coefficient (Wildman–Crippen LogP) is 16.9. The second-order valence-corrected chi connectivity index (χ2v) is 25.3. The van der Waals surface area contributed by atoms with Crippen LogP contribution >= 0.6 is 0 Å². The van der Waals surface area contributed by atoms with Gasteiger partial charge in [-0.05, 0) is 185 Å². The molecule has 0 atom stereocenters. The summed E-state index contributed by atoms with van der Waals surface area (Å²) in [6.45, 7) is 30.8. The Balaban J connectivity index is 1.26. The number of hydrogen-bond donors (Lipinski definition) is 0. The first kappa shape index (κ1) is 46.8. The highest BCUT2D eigenvalue weighted by molar-refractivity contribution is 7.00. The maximum absolute atomic E-state index is 2.71. The molecule has 71 heavy (non-hydrogen) atoms. The maximum Gasteiger partial charge on any atom is 0.252 e. The summed E-state index contributed by atoms with van der Waals surface area (Å²) in [5, 5.41) is 0. The summed E-state index contributed by atoms with van der Waals surface area (Å²) >= 11 is 0. The smallest absolute Gasteiger partial charge is 0.252 e. The van der Waals surface area contributed by atoms with Gasteiger partial charge in [-0.15, -0.1) is 0 Å². The van der Waals surface area contributed by atoms with Crippen molar-refractivity contribution >= 4 is 57.2 Å². The molecule has 2 aliphatic heterocycles. The zero-order valence-electron chi connectivity index (χ0n) is 44.6. The normalized spacial score (nSPS) is 14.9. The molecular formula is C68H71BN2. The van der Waals surface area contributed by atoms with Crippen LogP contribution in [0.25, 0.3) is 33.4 Å². The Kier molecular flexibility index (Phi) is 11.0. The van der Waals surface area contributed by atoms with Gasteiger partial charge in [0.1, 0.15) is 0 Å². The first-order valence-electron chi connectivity index (χ1n) is 26.2. The number of nitrogens with zero attached hydrogens (tertiary/aromatic N) is 2. The van der Waals surface area contributed by atoms with E-state index in [4.69, 9.17) is 0 Å². The van der Waals surface area contributed by atoms with Crippen molar-refractivity contribution in [3.63, 3.8) is 0 Å². The van der Waals surface area contributed by atoms with Crippen LogP contribution in [0.2, 0.25) is 0 Å². The molecule has 0 fully saturated rings. The van der Waals surface area contributed by atoms with E-state index in [0.717, 1.165) is 12.8 Å². The quantitative estimate of drug-likeness (QED) is 0.153. The van der Waals surface area contributed by atoms with Gasteiger partial charge < -0.3 is 9.80 Å². The molecule has 8 aromatic carbocycles. The first-order chi connectivity index (χ1) is 33.6. The number of fused-ring (bicyclic) bond motifs is 5. The summed E-state index contributed by atoms with van der Waals surface area (Å²) in [7, 11) is 0. The van der Waals surface area contributed by atoms with E-state index in [2.05, 4.69) is 264 Å². The fraction of sp³-hybridized carbons (Fsp3) is 0.294. The molecule has 0 saturated carbocycles. The highest BCUT2D eigenvalue weighted by atomic mass is 15.2. The SMILES string of the molecule is CC(C)c1cc2c3c(c1)N(c1ccc(C(C)(C)C)cc1-c1cc(-c4ccccc4)cc(-c4ccccc4)c1)c1cc4c(cc1B3c1ccc(C(C)(C)C)cc1N2c1cccc(C(C)(C)C)c1)CC(C)(C)C4. The van der Waals surface area contributed by atoms with E-state index in [9.17, 15) is 0 Å². The topological polar surface area (TPSA) is 6.48 Å². The van der Waals surface area contributed by atoms with Crippen LogP contribution in [-0.2, 0) is 29.1 Å². The van der Waals surface area contributed by atoms with Crippen molar-refractivity contribution in [1.29, 1.82) is 0 Å². The van der Waals surface area contributed by atoms with Crippen LogP contribution in [0.1, 0.15) is 129 Å². The average Bonchev–Trinajstić information content (AvgIpc) is 3.65. The van der Waals surface area contributed by atoms with Crippen molar-refractivity contribution < 1.29 is 0 Å². The third kappa shape index (κ3) is 8.34. The molecule has 8 aromatic rings. The molecule has 11 rings (SSSR count). The van der Waals surface area contributed by atoms with Gasteiger partial charge in [0.05, 0.1) is 5.69 Å². The molecule has 0 bridgehead atoms. The Morgan fingerprint density at radius 2 is 0.944 bits per heavy atom. The molecule has 0 spiro atoms. The Morgan fingerprint density at radius 3 is 1.54 bits per heavy atom. The molecule has 1 aliphatic carbocycles. The minimum absolute atomic E-state index is 0.0126. The van der Waals surface area contributed by atoms with Crippen LogP contribution in [0.15, 0.2) is 164 Å². The van der Waals surface area contributed by atoms with Gasteiger partial charge in [0.2, 0.25) is 0 Å². The van der Waals surface area contributed by atoms with Gasteiger partial charge in [-0.3, -0.25) is 0 Å². The van der Waals surface area contributed by atoms with Crippen LogP contribution in [0, 0.1) is 5.41 Å². The van der Waals surface area contributed by atoms with Crippen molar-refractivity contribution in [1.82, 2.24) is 0 Å². The lowest BCUT2D eigenvalue weighted by molar-refractivity contribution is 0.392. The van der Waals surface area contributed by atoms with Crippen LogP contribution in [0.3, 0.4) is 0 Å². The van der Waals surface area contributed by atoms with E-state index in [1.807, 2.05) is 0 Å². The van der Waals surface area contributed by atoms with E-state index < -0.39 is 0 Å². The van der Waals surface area contributed by atoms with Gasteiger partial charge >= 0.3 is 0 Å². The molecule has 2 nitrogen and oxygen atoms in total. The summed E-state index contributed by atoms with van der Waals surface area (Å²) in [6, 6.07) is 63.7. The second kappa shape index (κ2) is 16.8. The average molecular weight is 927 g/mol. The van der Waals surface area contributed by atoms with Gasteiger partial charge in [-0.1, -0.05) is 187 Å². The van der Waals surface area contributed by atoms with Gasteiger partial charge in [-0.25, -0.2) is 0 Å². The fourth-order valence-electron chi connectivity index (χ4n) is 11.8. The van der Waals surface area contributed by atoms with Crippen molar-refractivity contribution in [2.75, 3.05) is 9.80 Å². The number of hydrogen-bond acceptors (Lipinski definition) is 2. The van der Waals surface area contributed by atoms with Crippen molar-refractivity contribution in [2.24, 2.45) is 5.41 Å². The number of anilines is 6. The van der Waals surface area contributed by atoms with E-state index in [1.165, 1.54) is 117 Å². The van der Waals surface area contributed by atoms with Crippen LogP contribution < -0.4 is 26.2 Å². The first-order valence-corrected chi connectivity index (χ1v) is 26.2. The lowest BCUT2D eigenvalue weighted by Gasteiger charge is -2.45. The van der Waals surface area contributed by atoms with E-state index in [-0.39, 0.29) is 28.4 Å². The zero-order chi connectivity index (χ0) is 49.9. The van der Waals surface area contributed by atoms with E-state index >= 15 is 0 Å². The van der Waals surface area contributed by atoms with Crippen LogP contribution in [0.4, 0.5) is 34.1 Å². The van der Waals surface area contributed by atoms with Gasteiger partial charge in [0.25, 0.3) is 6.71 Å². The molecule has 0 radical (unpaired) electrons. The molecule has 0 N–H and O–H groups in total. The van der Waals surface area contributed by atoms with Gasteiger partial charge in [0, 0.05) is 34.0 Å². The monoisotopic (exact) mass is 927 g/mol. The Labute approximate surface area is 425 Å². The maximum atomic E-state index is 2.71. The molecule has 0 unspecified atom stereocenters. The Hall–Kier alpha value is -6.58. The molecule has 3 heteroatoms. The standard InChI is InChI=1S/C68H71BN2/c1-43(2)46-35-62-64-63(36-46)71(59-30-28-53(66(6,7)8)39-56(59)49-32-47(44-21-16-14-17-22-44)31-48(33-49)45-23-18-15-19-24-45)60-37-51-42-68(12,13)41-50(51)34-58(60)69(64)57-29-27-54(67(9,10)11)40-61(57)70(62)55-26-20-25-52(38-55)65(3,4)5/h14-40,43H,41-42H2,1-13H3. The van der Waals surface area contributed by atoms with Gasteiger partial charge in [-0.2, -0.15) is 0 Å². The van der Waals surface area contributed by atoms with Crippen molar-refractivity contribution in [2.45, 2.75) is 125 Å². The fourth-order valence-corrected chi connectivity index (χ4v) is 11.8. The second-order valence-electron chi connectivity index (χ2n) is 25.3. The number of rotatable bonds is 6. The Morgan fingerprint density at radius 1 is 0.423 bits per heavy atom. The Bertz CT molecular complexity index is 3320. The zero-order valence-corrected chi connectivity index (χ0v) is 44.6. The predicted molar refractivity (Wildman–Crippen MR) is 308 cm³/mol. The summed E-state index contributed by atoms with van der Waals surface area (Å²) in [5.41, 5.74) is 27.4. The summed E-state index contributed by atoms with van der Waals surface area (Å²) in [5.74, 6) is 0.294. The van der Waals surface area contributed by atoms with E-state index in [0.29, 0.717) is 5.92 Å². The third-order valence-electron chi connectivity index (χ3n) is 15.8. The molecule has 0 aromatic heterocycles. The lowest BCUT2D eigenvalue weighted by atomic mass is 9.33. The largest absolute Gasteiger partial charge is 0.311 e. The highest BCUT2D eigenvalue weighted by Crippen LogP contribution is 2.51. The molecule has 2 heterocycles. The van der Waals surface area contributed by atoms with Crippen LogP contribution in [0.5, 0.6) is 0 Å². The summed E-state index contributed by atoms with van der Waals surface area (Å²) < 4.78 is 0. The summed E-state index contributed by atoms with van der Waals surface area (Å²) in [4.78, 5) is 5.35. The third-order valence-corrected chi connectivity index (χ3v) is 15.8. The number of benzene rings is 8. The van der Waals surface area contributed by atoms with Crippen LogP contribution in [-0.4, -0.2) is 6.71 Å². The van der Waals surface area contributed by atoms with Crippen molar-refractivity contribution in [3.8, 4) is 33.4 Å². The van der Waals surface area contributed by atoms with Gasteiger partial charge in [0.15, 0.2) is 0 Å². The molecular weight excluding hydrogens is 856 g/mol. The highest BCUT2D eigenvalue weighted by Gasteiger charge is 2.46. The minimum Gasteiger partial charge on any atom is -0.311 e. The molecule has 0 amide bonds.